The first-order valence-electron chi connectivity index (χ1n) is 5.52. The average molecular weight is 351 g/mol. The molecule has 1 aromatic rings. The fourth-order valence-corrected chi connectivity index (χ4v) is 1.83. The first-order valence-corrected chi connectivity index (χ1v) is 6.31. The first-order chi connectivity index (χ1) is 6.97. The van der Waals surface area contributed by atoms with Crippen LogP contribution in [0.15, 0.2) is 28.7 Å². The van der Waals surface area contributed by atoms with Crippen LogP contribution < -0.4 is 17.0 Å². The number of hydrogen-bond acceptors (Lipinski definition) is 0. The molecule has 1 rings (SSSR count). The van der Waals surface area contributed by atoms with Crippen molar-refractivity contribution in [3.8, 4) is 0 Å². The van der Waals surface area contributed by atoms with Crippen LogP contribution in [0, 0.1) is 0 Å². The summed E-state index contributed by atoms with van der Waals surface area (Å²) >= 11 is 3.45. The van der Waals surface area contributed by atoms with Crippen LogP contribution in [-0.2, 0) is 6.42 Å². The molecular formula is C13H21Br2N. The van der Waals surface area contributed by atoms with E-state index in [1.807, 2.05) is 0 Å². The van der Waals surface area contributed by atoms with Gasteiger partial charge >= 0.3 is 0 Å². The van der Waals surface area contributed by atoms with Gasteiger partial charge in [-0.05, 0) is 37.0 Å². The highest BCUT2D eigenvalue weighted by atomic mass is 79.9. The van der Waals surface area contributed by atoms with Gasteiger partial charge in [-0.25, -0.2) is 0 Å². The summed E-state index contributed by atoms with van der Waals surface area (Å²) in [6.07, 6.45) is 3.80. The van der Waals surface area contributed by atoms with Crippen LogP contribution in [0.2, 0.25) is 0 Å². The Labute approximate surface area is 118 Å². The van der Waals surface area contributed by atoms with Crippen molar-refractivity contribution in [1.29, 1.82) is 0 Å². The molecule has 3 heteroatoms. The number of benzene rings is 1. The molecular weight excluding hydrogens is 330 g/mol. The third-order valence-electron chi connectivity index (χ3n) is 2.46. The monoisotopic (exact) mass is 349 g/mol. The minimum Gasteiger partial charge on any atom is -1.00 e. The van der Waals surface area contributed by atoms with Crippen LogP contribution in [0.25, 0.3) is 0 Å². The summed E-state index contributed by atoms with van der Waals surface area (Å²) < 4.78 is 2.23. The van der Waals surface area contributed by atoms with Gasteiger partial charge in [-0.1, -0.05) is 28.1 Å². The fraction of sp³-hybridized carbons (Fsp3) is 0.538. The van der Waals surface area contributed by atoms with Gasteiger partial charge in [0.1, 0.15) is 0 Å². The highest BCUT2D eigenvalue weighted by Crippen LogP contribution is 2.12. The lowest BCUT2D eigenvalue weighted by Crippen LogP contribution is -3.00. The Kier molecular flexibility index (Phi) is 7.53. The molecule has 92 valence electrons. The van der Waals surface area contributed by atoms with Gasteiger partial charge in [0.15, 0.2) is 0 Å². The van der Waals surface area contributed by atoms with E-state index in [1.54, 1.807) is 0 Å². The minimum atomic E-state index is 0. The maximum atomic E-state index is 3.45. The predicted octanol–water partition coefficient (Wildman–Crippen LogP) is 0.482. The van der Waals surface area contributed by atoms with E-state index in [2.05, 4.69) is 61.3 Å². The zero-order valence-electron chi connectivity index (χ0n) is 10.3. The summed E-state index contributed by atoms with van der Waals surface area (Å²) in [7, 11) is 6.75. The number of halogens is 2. The molecule has 0 spiro atoms. The van der Waals surface area contributed by atoms with Crippen LogP contribution in [0.3, 0.4) is 0 Å². The Morgan fingerprint density at radius 1 is 1.00 bits per heavy atom. The molecule has 0 saturated heterocycles. The normalized spacial score (nSPS) is 11.0. The van der Waals surface area contributed by atoms with Gasteiger partial charge in [-0.15, -0.1) is 0 Å². The van der Waals surface area contributed by atoms with E-state index in [9.17, 15) is 0 Å². The van der Waals surface area contributed by atoms with Crippen molar-refractivity contribution in [2.75, 3.05) is 27.7 Å². The third-order valence-corrected chi connectivity index (χ3v) is 2.99. The Morgan fingerprint density at radius 3 is 2.06 bits per heavy atom. The summed E-state index contributed by atoms with van der Waals surface area (Å²) in [5, 5.41) is 0. The highest BCUT2D eigenvalue weighted by Gasteiger charge is 2.05. The molecule has 0 unspecified atom stereocenters. The van der Waals surface area contributed by atoms with E-state index in [4.69, 9.17) is 0 Å². The number of quaternary nitrogens is 1. The topological polar surface area (TPSA) is 0 Å². The van der Waals surface area contributed by atoms with Crippen LogP contribution in [0.5, 0.6) is 0 Å². The van der Waals surface area contributed by atoms with Gasteiger partial charge in [0.25, 0.3) is 0 Å². The zero-order chi connectivity index (χ0) is 11.3. The van der Waals surface area contributed by atoms with Gasteiger partial charge in [0.2, 0.25) is 0 Å². The number of aryl methyl sites for hydroxylation is 1. The SMILES string of the molecule is C[N+](C)(C)CCCCc1ccc(Br)cc1.[Br-]. The summed E-state index contributed by atoms with van der Waals surface area (Å²) in [5.41, 5.74) is 1.44. The van der Waals surface area contributed by atoms with Gasteiger partial charge in [-0.2, -0.15) is 0 Å². The second kappa shape index (κ2) is 7.46. The van der Waals surface area contributed by atoms with Gasteiger partial charge in [-0.3, -0.25) is 0 Å². The van der Waals surface area contributed by atoms with Crippen molar-refractivity contribution in [1.82, 2.24) is 0 Å². The van der Waals surface area contributed by atoms with E-state index in [0.717, 1.165) is 8.96 Å². The van der Waals surface area contributed by atoms with Crippen molar-refractivity contribution in [2.24, 2.45) is 0 Å². The molecule has 0 saturated carbocycles. The van der Waals surface area contributed by atoms with Crippen LogP contribution in [0.1, 0.15) is 18.4 Å². The lowest BCUT2D eigenvalue weighted by Gasteiger charge is -2.23. The minimum absolute atomic E-state index is 0. The molecule has 1 aromatic carbocycles. The van der Waals surface area contributed by atoms with Crippen molar-refractivity contribution < 1.29 is 21.5 Å². The Bertz CT molecular complexity index is 288. The van der Waals surface area contributed by atoms with Crippen molar-refractivity contribution in [3.05, 3.63) is 34.3 Å². The Hall–Kier alpha value is 0.140. The van der Waals surface area contributed by atoms with Gasteiger partial charge < -0.3 is 21.5 Å². The molecule has 0 aliphatic rings. The molecule has 0 aromatic heterocycles. The molecule has 0 atom stereocenters. The molecule has 16 heavy (non-hydrogen) atoms. The zero-order valence-corrected chi connectivity index (χ0v) is 13.5. The van der Waals surface area contributed by atoms with E-state index in [-0.39, 0.29) is 17.0 Å². The molecule has 0 N–H and O–H groups in total. The van der Waals surface area contributed by atoms with Crippen LogP contribution in [0.4, 0.5) is 0 Å². The maximum Gasteiger partial charge on any atom is 0.0780 e. The lowest BCUT2D eigenvalue weighted by molar-refractivity contribution is -0.870. The van der Waals surface area contributed by atoms with Crippen LogP contribution >= 0.6 is 15.9 Å². The quantitative estimate of drug-likeness (QED) is 0.535. The molecule has 0 heterocycles. The summed E-state index contributed by atoms with van der Waals surface area (Å²) in [6.45, 7) is 1.26. The molecule has 0 radical (unpaired) electrons. The van der Waals surface area contributed by atoms with Gasteiger partial charge in [0, 0.05) is 4.47 Å². The second-order valence-electron chi connectivity index (χ2n) is 5.10. The third kappa shape index (κ3) is 7.42. The number of hydrogen-bond donors (Lipinski definition) is 0. The maximum absolute atomic E-state index is 3.45. The second-order valence-corrected chi connectivity index (χ2v) is 6.01. The first kappa shape index (κ1) is 16.1. The summed E-state index contributed by atoms with van der Waals surface area (Å²) in [6, 6.07) is 8.65. The molecule has 0 aliphatic carbocycles. The highest BCUT2D eigenvalue weighted by molar-refractivity contribution is 9.10. The van der Waals surface area contributed by atoms with Crippen molar-refractivity contribution in [2.45, 2.75) is 19.3 Å². The number of nitrogens with zero attached hydrogens (tertiary/aromatic N) is 1. The summed E-state index contributed by atoms with van der Waals surface area (Å²) in [5.74, 6) is 0. The van der Waals surface area contributed by atoms with Gasteiger partial charge in [0.05, 0.1) is 27.7 Å². The fourth-order valence-electron chi connectivity index (χ4n) is 1.57. The van der Waals surface area contributed by atoms with E-state index in [1.165, 1.54) is 31.4 Å². The van der Waals surface area contributed by atoms with E-state index in [0.29, 0.717) is 0 Å². The number of rotatable bonds is 5. The largest absolute Gasteiger partial charge is 1.00 e. The van der Waals surface area contributed by atoms with Crippen LogP contribution in [-0.4, -0.2) is 32.2 Å². The van der Waals surface area contributed by atoms with Crippen molar-refractivity contribution in [3.63, 3.8) is 0 Å². The Morgan fingerprint density at radius 2 is 1.56 bits per heavy atom. The molecule has 0 bridgehead atoms. The molecule has 0 amide bonds. The number of unbranched alkanes of at least 4 members (excludes halogenated alkanes) is 1. The van der Waals surface area contributed by atoms with E-state index >= 15 is 0 Å². The predicted molar refractivity (Wildman–Crippen MR) is 70.0 cm³/mol. The average Bonchev–Trinajstić information content (AvgIpc) is 2.14. The Balaban J connectivity index is 0.00000225. The molecule has 1 nitrogen and oxygen atoms in total. The summed E-state index contributed by atoms with van der Waals surface area (Å²) in [4.78, 5) is 0. The van der Waals surface area contributed by atoms with Crippen molar-refractivity contribution >= 4 is 15.9 Å². The van der Waals surface area contributed by atoms with E-state index < -0.39 is 0 Å². The standard InChI is InChI=1S/C13H21BrN.BrH/c1-15(2,3)11-5-4-6-12-7-9-13(14)10-8-12;/h7-10H,4-6,11H2,1-3H3;1H/q+1;/p-1. The molecule has 0 fully saturated rings. The lowest BCUT2D eigenvalue weighted by atomic mass is 10.1. The molecule has 0 aliphatic heterocycles. The smallest absolute Gasteiger partial charge is 0.0780 e.